The van der Waals surface area contributed by atoms with E-state index in [-0.39, 0.29) is 24.3 Å². The van der Waals surface area contributed by atoms with Gasteiger partial charge in [-0.3, -0.25) is 14.4 Å². The SMILES string of the molecule is CC(C)(C)OC(=O)NCCCNC(=O)C(=O)c1cc(Br)ccc1NC(=O)c1ccc2ccccc2c1. The van der Waals surface area contributed by atoms with Crippen molar-refractivity contribution in [2.24, 2.45) is 0 Å². The van der Waals surface area contributed by atoms with Crippen LogP contribution in [0.3, 0.4) is 0 Å². The van der Waals surface area contributed by atoms with Crippen molar-refractivity contribution in [3.8, 4) is 0 Å². The molecule has 0 saturated carbocycles. The van der Waals surface area contributed by atoms with Crippen LogP contribution in [-0.2, 0) is 9.53 Å². The molecule has 0 aliphatic rings. The predicted octanol–water partition coefficient (Wildman–Crippen LogP) is 5.07. The molecule has 8 nitrogen and oxygen atoms in total. The molecule has 0 unspecified atom stereocenters. The molecule has 0 fully saturated rings. The monoisotopic (exact) mass is 553 g/mol. The molecule has 0 atom stereocenters. The maximum Gasteiger partial charge on any atom is 0.407 e. The maximum absolute atomic E-state index is 12.9. The molecule has 36 heavy (non-hydrogen) atoms. The lowest BCUT2D eigenvalue weighted by molar-refractivity contribution is -0.117. The first kappa shape index (κ1) is 26.9. The zero-order valence-electron chi connectivity index (χ0n) is 20.3. The molecule has 0 saturated heterocycles. The van der Waals surface area contributed by atoms with Gasteiger partial charge in [0.1, 0.15) is 5.60 Å². The number of ketones is 1. The summed E-state index contributed by atoms with van der Waals surface area (Å²) in [7, 11) is 0. The normalized spacial score (nSPS) is 11.0. The molecule has 0 aromatic heterocycles. The first-order valence-electron chi connectivity index (χ1n) is 11.4. The number of ether oxygens (including phenoxy) is 1. The van der Waals surface area contributed by atoms with E-state index >= 15 is 0 Å². The second kappa shape index (κ2) is 11.8. The van der Waals surface area contributed by atoms with Crippen molar-refractivity contribution in [2.75, 3.05) is 18.4 Å². The largest absolute Gasteiger partial charge is 0.444 e. The summed E-state index contributed by atoms with van der Waals surface area (Å²) in [5.74, 6) is -2.00. The van der Waals surface area contributed by atoms with Gasteiger partial charge in [0, 0.05) is 23.1 Å². The van der Waals surface area contributed by atoms with Gasteiger partial charge in [0.05, 0.1) is 11.3 Å². The molecule has 0 radical (unpaired) electrons. The maximum atomic E-state index is 12.9. The van der Waals surface area contributed by atoms with Gasteiger partial charge in [-0.15, -0.1) is 0 Å². The highest BCUT2D eigenvalue weighted by Crippen LogP contribution is 2.23. The van der Waals surface area contributed by atoms with Crippen molar-refractivity contribution in [3.63, 3.8) is 0 Å². The molecule has 3 aromatic rings. The third kappa shape index (κ3) is 7.64. The molecule has 0 aliphatic heterocycles. The second-order valence-electron chi connectivity index (χ2n) is 9.07. The minimum atomic E-state index is -0.813. The summed E-state index contributed by atoms with van der Waals surface area (Å²) in [5, 5.41) is 9.79. The molecule has 3 amide bonds. The van der Waals surface area contributed by atoms with Gasteiger partial charge in [-0.25, -0.2) is 4.79 Å². The predicted molar refractivity (Wildman–Crippen MR) is 142 cm³/mol. The van der Waals surface area contributed by atoms with Gasteiger partial charge in [0.2, 0.25) is 0 Å². The molecule has 188 valence electrons. The van der Waals surface area contributed by atoms with Crippen LogP contribution < -0.4 is 16.0 Å². The Balaban J connectivity index is 1.60. The van der Waals surface area contributed by atoms with E-state index in [0.717, 1.165) is 10.8 Å². The van der Waals surface area contributed by atoms with E-state index in [1.165, 1.54) is 6.07 Å². The Morgan fingerprint density at radius 3 is 2.28 bits per heavy atom. The van der Waals surface area contributed by atoms with E-state index in [1.807, 2.05) is 30.3 Å². The van der Waals surface area contributed by atoms with E-state index in [0.29, 0.717) is 16.5 Å². The topological polar surface area (TPSA) is 114 Å². The number of alkyl carbamates (subject to hydrolysis) is 1. The average Bonchev–Trinajstić information content (AvgIpc) is 2.82. The fourth-order valence-electron chi connectivity index (χ4n) is 3.34. The summed E-state index contributed by atoms with van der Waals surface area (Å²) in [4.78, 5) is 49.9. The smallest absolute Gasteiger partial charge is 0.407 e. The number of carbonyl (C=O) groups is 4. The fraction of sp³-hybridized carbons (Fsp3) is 0.259. The Morgan fingerprint density at radius 1 is 0.861 bits per heavy atom. The van der Waals surface area contributed by atoms with Crippen LogP contribution in [0.4, 0.5) is 10.5 Å². The van der Waals surface area contributed by atoms with Crippen molar-refractivity contribution in [2.45, 2.75) is 32.8 Å². The summed E-state index contributed by atoms with van der Waals surface area (Å²) in [6.07, 6.45) is -0.145. The Kier molecular flexibility index (Phi) is 8.82. The summed E-state index contributed by atoms with van der Waals surface area (Å²) in [5.41, 5.74) is 0.110. The van der Waals surface area contributed by atoms with Gasteiger partial charge >= 0.3 is 6.09 Å². The van der Waals surface area contributed by atoms with E-state index in [4.69, 9.17) is 4.74 Å². The minimum absolute atomic E-state index is 0.0582. The standard InChI is InChI=1S/C27H28BrN3O5/c1-27(2,3)36-26(35)30-14-6-13-29-25(34)23(32)21-16-20(28)11-12-22(21)31-24(33)19-10-9-17-7-4-5-8-18(17)15-19/h4-5,7-12,15-16H,6,13-14H2,1-3H3,(H,29,34)(H,30,35)(H,31,33). The van der Waals surface area contributed by atoms with Gasteiger partial charge in [-0.2, -0.15) is 0 Å². The molecule has 0 heterocycles. The quantitative estimate of drug-likeness (QED) is 0.205. The van der Waals surface area contributed by atoms with Crippen molar-refractivity contribution >= 4 is 56.1 Å². The molecule has 3 aromatic carbocycles. The number of halogens is 1. The van der Waals surface area contributed by atoms with Crippen LogP contribution >= 0.6 is 15.9 Å². The van der Waals surface area contributed by atoms with E-state index < -0.39 is 29.3 Å². The first-order chi connectivity index (χ1) is 17.0. The lowest BCUT2D eigenvalue weighted by atomic mass is 10.1. The number of rotatable bonds is 8. The van der Waals surface area contributed by atoms with Crippen LogP contribution in [0.25, 0.3) is 10.8 Å². The lowest BCUT2D eigenvalue weighted by Gasteiger charge is -2.19. The Labute approximate surface area is 217 Å². The highest BCUT2D eigenvalue weighted by Gasteiger charge is 2.21. The molecule has 9 heteroatoms. The van der Waals surface area contributed by atoms with Crippen LogP contribution in [-0.4, -0.2) is 42.4 Å². The van der Waals surface area contributed by atoms with Crippen LogP contribution in [0, 0.1) is 0 Å². The van der Waals surface area contributed by atoms with Gasteiger partial charge < -0.3 is 20.7 Å². The van der Waals surface area contributed by atoms with Crippen LogP contribution in [0.5, 0.6) is 0 Å². The highest BCUT2D eigenvalue weighted by atomic mass is 79.9. The zero-order chi connectivity index (χ0) is 26.3. The molecular weight excluding hydrogens is 526 g/mol. The van der Waals surface area contributed by atoms with E-state index in [2.05, 4.69) is 31.9 Å². The summed E-state index contributed by atoms with van der Waals surface area (Å²) < 4.78 is 5.73. The Hall–Kier alpha value is -3.72. The van der Waals surface area contributed by atoms with E-state index in [1.54, 1.807) is 45.0 Å². The highest BCUT2D eigenvalue weighted by molar-refractivity contribution is 9.10. The second-order valence-corrected chi connectivity index (χ2v) is 9.99. The number of benzene rings is 3. The number of amides is 3. The first-order valence-corrected chi connectivity index (χ1v) is 12.2. The molecular formula is C27H28BrN3O5. The molecule has 0 bridgehead atoms. The van der Waals surface area contributed by atoms with Crippen molar-refractivity contribution in [3.05, 3.63) is 76.3 Å². The number of fused-ring (bicyclic) bond motifs is 1. The number of hydrogen-bond donors (Lipinski definition) is 3. The Bertz CT molecular complexity index is 1300. The van der Waals surface area contributed by atoms with Gasteiger partial charge in [0.15, 0.2) is 0 Å². The summed E-state index contributed by atoms with van der Waals surface area (Å²) in [6.45, 7) is 5.73. The van der Waals surface area contributed by atoms with Crippen molar-refractivity contribution in [1.29, 1.82) is 0 Å². The molecule has 3 N–H and O–H groups in total. The van der Waals surface area contributed by atoms with Crippen molar-refractivity contribution < 1.29 is 23.9 Å². The third-order valence-corrected chi connectivity index (χ3v) is 5.49. The minimum Gasteiger partial charge on any atom is -0.444 e. The van der Waals surface area contributed by atoms with Gasteiger partial charge in [-0.1, -0.05) is 46.3 Å². The zero-order valence-corrected chi connectivity index (χ0v) is 21.9. The number of nitrogens with one attached hydrogen (secondary N) is 3. The molecule has 0 aliphatic carbocycles. The molecule has 3 rings (SSSR count). The summed E-state index contributed by atoms with van der Waals surface area (Å²) >= 11 is 3.31. The van der Waals surface area contributed by atoms with Crippen LogP contribution in [0.15, 0.2) is 65.1 Å². The van der Waals surface area contributed by atoms with Gasteiger partial charge in [-0.05, 0) is 68.3 Å². The van der Waals surface area contributed by atoms with Crippen LogP contribution in [0.2, 0.25) is 0 Å². The van der Waals surface area contributed by atoms with Crippen molar-refractivity contribution in [1.82, 2.24) is 10.6 Å². The lowest BCUT2D eigenvalue weighted by Crippen LogP contribution is -2.36. The number of carbonyl (C=O) groups excluding carboxylic acids is 4. The van der Waals surface area contributed by atoms with Gasteiger partial charge in [0.25, 0.3) is 17.6 Å². The number of hydrogen-bond acceptors (Lipinski definition) is 5. The summed E-state index contributed by atoms with van der Waals surface area (Å²) in [6, 6.07) is 17.7. The third-order valence-electron chi connectivity index (χ3n) is 5.00. The van der Waals surface area contributed by atoms with Crippen LogP contribution in [0.1, 0.15) is 47.9 Å². The fourth-order valence-corrected chi connectivity index (χ4v) is 3.70. The Morgan fingerprint density at radius 2 is 1.56 bits per heavy atom. The number of anilines is 1. The average molecular weight is 554 g/mol. The number of Topliss-reactive ketones (excluding diaryl/α,β-unsaturated/α-hetero) is 1. The molecule has 0 spiro atoms. The van der Waals surface area contributed by atoms with E-state index in [9.17, 15) is 19.2 Å².